The molecule has 1 aromatic carbocycles. The second kappa shape index (κ2) is 5.84. The zero-order valence-electron chi connectivity index (χ0n) is 11.2. The Morgan fingerprint density at radius 1 is 1.19 bits per heavy atom. The van der Waals surface area contributed by atoms with Crippen molar-refractivity contribution in [3.63, 3.8) is 0 Å². The van der Waals surface area contributed by atoms with E-state index in [-0.39, 0.29) is 22.0 Å². The van der Waals surface area contributed by atoms with Crippen LogP contribution in [0.1, 0.15) is 10.4 Å². The van der Waals surface area contributed by atoms with Crippen LogP contribution in [-0.2, 0) is 14.3 Å². The smallest absolute Gasteiger partial charge is 0.332 e. The predicted octanol–water partition coefficient (Wildman–Crippen LogP) is 1.09. The van der Waals surface area contributed by atoms with E-state index in [1.54, 1.807) is 0 Å². The molecule has 0 saturated heterocycles. The number of carbonyl (C=O) groups excluding carboxylic acids is 3. The molecule has 110 valence electrons. The second-order valence-electron chi connectivity index (χ2n) is 4.02. The molecule has 0 saturated carbocycles. The number of esters is 1. The van der Waals surface area contributed by atoms with Gasteiger partial charge in [0.15, 0.2) is 0 Å². The summed E-state index contributed by atoms with van der Waals surface area (Å²) in [7, 11) is 2.58. The summed E-state index contributed by atoms with van der Waals surface area (Å²) in [5.74, 6) is -1.83. The highest BCUT2D eigenvalue weighted by Gasteiger charge is 2.25. The molecule has 2 rings (SSSR count). The minimum absolute atomic E-state index is 0.129. The zero-order valence-corrected chi connectivity index (χ0v) is 11.9. The van der Waals surface area contributed by atoms with Crippen LogP contribution in [0.25, 0.3) is 0 Å². The summed E-state index contributed by atoms with van der Waals surface area (Å²) >= 11 is 5.99. The number of carbonyl (C=O) groups is 3. The highest BCUT2D eigenvalue weighted by molar-refractivity contribution is 6.33. The van der Waals surface area contributed by atoms with Crippen LogP contribution in [0, 0.1) is 0 Å². The van der Waals surface area contributed by atoms with Crippen LogP contribution in [0.4, 0.5) is 5.69 Å². The molecule has 2 N–H and O–H groups in total. The molecule has 7 nitrogen and oxygen atoms in total. The van der Waals surface area contributed by atoms with Crippen molar-refractivity contribution in [3.05, 3.63) is 34.5 Å². The largest absolute Gasteiger partial charge is 0.495 e. The molecule has 2 amide bonds. The number of benzene rings is 1. The fourth-order valence-electron chi connectivity index (χ4n) is 1.72. The Balaban J connectivity index is 2.52. The highest BCUT2D eigenvalue weighted by atomic mass is 35.5. The lowest BCUT2D eigenvalue weighted by atomic mass is 10.1. The van der Waals surface area contributed by atoms with E-state index in [2.05, 4.69) is 15.4 Å². The normalized spacial score (nSPS) is 15.7. The van der Waals surface area contributed by atoms with Gasteiger partial charge in [-0.25, -0.2) is 4.79 Å². The molecule has 0 aliphatic carbocycles. The third kappa shape index (κ3) is 2.97. The molecular formula is C13H11ClN2O5. The van der Waals surface area contributed by atoms with Crippen LogP contribution in [-0.4, -0.2) is 32.0 Å². The summed E-state index contributed by atoms with van der Waals surface area (Å²) in [5.41, 5.74) is 0.312. The fraction of sp³-hybridized carbons (Fsp3) is 0.154. The third-order valence-corrected chi connectivity index (χ3v) is 3.04. The molecule has 8 heteroatoms. The average molecular weight is 311 g/mol. The minimum Gasteiger partial charge on any atom is -0.495 e. The molecule has 1 aliphatic rings. The van der Waals surface area contributed by atoms with Gasteiger partial charge in [0.05, 0.1) is 36.6 Å². The van der Waals surface area contributed by atoms with Crippen molar-refractivity contribution in [2.75, 3.05) is 19.5 Å². The standard InChI is InChI=1S/C13H11ClN2O5/c1-20-10-3-6-8(4-7(10)14)15-9(5-11(17)21-2)13(19)16-12(6)18/h3-5,15H,1-2H3,(H,16,18,19). The molecule has 0 unspecified atom stereocenters. The van der Waals surface area contributed by atoms with E-state index < -0.39 is 17.8 Å². The van der Waals surface area contributed by atoms with Crippen LogP contribution in [0.2, 0.25) is 5.02 Å². The van der Waals surface area contributed by atoms with E-state index in [9.17, 15) is 14.4 Å². The van der Waals surface area contributed by atoms with E-state index in [1.165, 1.54) is 26.4 Å². The number of methoxy groups -OCH3 is 2. The van der Waals surface area contributed by atoms with Crippen molar-refractivity contribution in [2.45, 2.75) is 0 Å². The molecule has 1 heterocycles. The summed E-state index contributed by atoms with van der Waals surface area (Å²) in [5, 5.41) is 5.07. The lowest BCUT2D eigenvalue weighted by Gasteiger charge is -2.10. The first-order valence-electron chi connectivity index (χ1n) is 5.76. The Kier molecular flexibility index (Phi) is 4.13. The van der Waals surface area contributed by atoms with Gasteiger partial charge in [0.25, 0.3) is 11.8 Å². The monoisotopic (exact) mass is 310 g/mol. The van der Waals surface area contributed by atoms with Gasteiger partial charge in [-0.15, -0.1) is 0 Å². The SMILES string of the molecule is COC(=O)C=C1Nc2cc(Cl)c(OC)cc2C(=O)NC1=O. The number of imide groups is 1. The Morgan fingerprint density at radius 3 is 2.52 bits per heavy atom. The number of hydrogen-bond acceptors (Lipinski definition) is 6. The number of ether oxygens (including phenoxy) is 2. The van der Waals surface area contributed by atoms with Gasteiger partial charge < -0.3 is 14.8 Å². The van der Waals surface area contributed by atoms with E-state index >= 15 is 0 Å². The first-order chi connectivity index (χ1) is 9.96. The maximum atomic E-state index is 12.0. The van der Waals surface area contributed by atoms with Crippen molar-refractivity contribution in [3.8, 4) is 5.75 Å². The molecule has 0 aromatic heterocycles. The maximum absolute atomic E-state index is 12.0. The van der Waals surface area contributed by atoms with Crippen molar-refractivity contribution in [1.82, 2.24) is 5.32 Å². The highest BCUT2D eigenvalue weighted by Crippen LogP contribution is 2.32. The van der Waals surface area contributed by atoms with Crippen molar-refractivity contribution in [2.24, 2.45) is 0 Å². The first-order valence-corrected chi connectivity index (χ1v) is 6.14. The van der Waals surface area contributed by atoms with E-state index in [1.807, 2.05) is 0 Å². The number of halogens is 1. The third-order valence-electron chi connectivity index (χ3n) is 2.74. The number of fused-ring (bicyclic) bond motifs is 1. The van der Waals surface area contributed by atoms with Gasteiger partial charge in [-0.1, -0.05) is 11.6 Å². The lowest BCUT2D eigenvalue weighted by molar-refractivity contribution is -0.135. The number of anilines is 1. The van der Waals surface area contributed by atoms with Gasteiger partial charge in [0, 0.05) is 0 Å². The van der Waals surface area contributed by atoms with Gasteiger partial charge >= 0.3 is 5.97 Å². The van der Waals surface area contributed by atoms with E-state index in [0.717, 1.165) is 6.08 Å². The Morgan fingerprint density at radius 2 is 1.90 bits per heavy atom. The number of amides is 2. The first kappa shape index (κ1) is 14.9. The lowest BCUT2D eigenvalue weighted by Crippen LogP contribution is -2.30. The van der Waals surface area contributed by atoms with E-state index in [4.69, 9.17) is 16.3 Å². The van der Waals surface area contributed by atoms with Crippen molar-refractivity contribution < 1.29 is 23.9 Å². The zero-order chi connectivity index (χ0) is 15.6. The summed E-state index contributed by atoms with van der Waals surface area (Å²) in [6.45, 7) is 0. The summed E-state index contributed by atoms with van der Waals surface area (Å²) in [6.07, 6.45) is 0.940. The van der Waals surface area contributed by atoms with Gasteiger partial charge in [-0.3, -0.25) is 14.9 Å². The molecule has 1 aromatic rings. The average Bonchev–Trinajstić information content (AvgIpc) is 2.55. The Hall–Kier alpha value is -2.54. The predicted molar refractivity (Wildman–Crippen MR) is 74.2 cm³/mol. The molecule has 0 radical (unpaired) electrons. The van der Waals surface area contributed by atoms with Crippen LogP contribution in [0.3, 0.4) is 0 Å². The van der Waals surface area contributed by atoms with Gasteiger partial charge in [-0.2, -0.15) is 0 Å². The molecule has 0 fully saturated rings. The molecule has 0 bridgehead atoms. The molecule has 21 heavy (non-hydrogen) atoms. The Bertz CT molecular complexity index is 669. The van der Waals surface area contributed by atoms with E-state index in [0.29, 0.717) is 5.75 Å². The topological polar surface area (TPSA) is 93.7 Å². The van der Waals surface area contributed by atoms with Crippen LogP contribution in [0.5, 0.6) is 5.75 Å². The minimum atomic E-state index is -0.753. The van der Waals surface area contributed by atoms with Gasteiger partial charge in [0.2, 0.25) is 0 Å². The maximum Gasteiger partial charge on any atom is 0.332 e. The summed E-state index contributed by atoms with van der Waals surface area (Å²) in [6, 6.07) is 2.83. The van der Waals surface area contributed by atoms with Crippen molar-refractivity contribution in [1.29, 1.82) is 0 Å². The van der Waals surface area contributed by atoms with Crippen LogP contribution < -0.4 is 15.4 Å². The Labute approximate surface area is 124 Å². The number of nitrogens with one attached hydrogen (secondary N) is 2. The second-order valence-corrected chi connectivity index (χ2v) is 4.43. The van der Waals surface area contributed by atoms with Crippen LogP contribution in [0.15, 0.2) is 23.9 Å². The summed E-state index contributed by atoms with van der Waals surface area (Å²) < 4.78 is 9.47. The molecular weight excluding hydrogens is 300 g/mol. The number of rotatable bonds is 2. The number of hydrogen-bond donors (Lipinski definition) is 2. The molecule has 0 atom stereocenters. The van der Waals surface area contributed by atoms with Gasteiger partial charge in [-0.05, 0) is 12.1 Å². The van der Waals surface area contributed by atoms with Gasteiger partial charge in [0.1, 0.15) is 11.4 Å². The molecule has 0 spiro atoms. The fourth-order valence-corrected chi connectivity index (χ4v) is 1.96. The summed E-state index contributed by atoms with van der Waals surface area (Å²) in [4.78, 5) is 35.1. The van der Waals surface area contributed by atoms with Crippen molar-refractivity contribution >= 4 is 35.1 Å². The molecule has 1 aliphatic heterocycles. The van der Waals surface area contributed by atoms with Crippen LogP contribution >= 0.6 is 11.6 Å². The quantitative estimate of drug-likeness (QED) is 0.482.